The highest BCUT2D eigenvalue weighted by Gasteiger charge is 2.25. The first-order chi connectivity index (χ1) is 11.0. The van der Waals surface area contributed by atoms with Gasteiger partial charge in [-0.2, -0.15) is 4.98 Å². The van der Waals surface area contributed by atoms with Gasteiger partial charge in [-0.05, 0) is 31.5 Å². The molecule has 1 aromatic carbocycles. The number of hydrogen-bond acceptors (Lipinski definition) is 3. The van der Waals surface area contributed by atoms with E-state index >= 15 is 0 Å². The fraction of sp³-hybridized carbons (Fsp3) is 0.222. The molecule has 0 spiro atoms. The van der Waals surface area contributed by atoms with Gasteiger partial charge in [-0.25, -0.2) is 0 Å². The molecule has 0 radical (unpaired) electrons. The molecule has 4 nitrogen and oxygen atoms in total. The average Bonchev–Trinajstić information content (AvgIpc) is 2.86. The molecular formula is C18H20N3OS+. The molecule has 0 unspecified atom stereocenters. The van der Waals surface area contributed by atoms with Crippen molar-refractivity contribution in [3.8, 4) is 0 Å². The Labute approximate surface area is 139 Å². The third kappa shape index (κ3) is 2.68. The molecule has 0 bridgehead atoms. The van der Waals surface area contributed by atoms with Gasteiger partial charge < -0.3 is 10.6 Å². The van der Waals surface area contributed by atoms with Crippen LogP contribution in [0.4, 0.5) is 11.4 Å². The van der Waals surface area contributed by atoms with E-state index in [-0.39, 0.29) is 5.91 Å². The molecule has 2 aromatic heterocycles. The highest BCUT2D eigenvalue weighted by Crippen LogP contribution is 2.35. The van der Waals surface area contributed by atoms with Gasteiger partial charge in [0, 0.05) is 25.2 Å². The molecule has 3 N–H and O–H groups in total. The van der Waals surface area contributed by atoms with Crippen LogP contribution in [0.3, 0.4) is 0 Å². The molecule has 0 fully saturated rings. The maximum atomic E-state index is 13.0. The van der Waals surface area contributed by atoms with E-state index < -0.39 is 0 Å². The van der Waals surface area contributed by atoms with Crippen LogP contribution in [0.2, 0.25) is 0 Å². The van der Waals surface area contributed by atoms with E-state index in [4.69, 9.17) is 5.73 Å². The van der Waals surface area contributed by atoms with Crippen molar-refractivity contribution in [1.82, 2.24) is 0 Å². The normalized spacial score (nSPS) is 10.9. The summed E-state index contributed by atoms with van der Waals surface area (Å²) in [6.45, 7) is 6.59. The number of amides is 1. The quantitative estimate of drug-likeness (QED) is 0.799. The first kappa shape index (κ1) is 15.5. The molecule has 5 heteroatoms. The molecule has 3 aromatic rings. The van der Waals surface area contributed by atoms with Crippen LogP contribution >= 0.6 is 11.3 Å². The maximum absolute atomic E-state index is 13.0. The zero-order valence-corrected chi connectivity index (χ0v) is 14.3. The predicted molar refractivity (Wildman–Crippen MR) is 96.1 cm³/mol. The summed E-state index contributed by atoms with van der Waals surface area (Å²) in [5.74, 6) is -0.0529. The van der Waals surface area contributed by atoms with Crippen LogP contribution < -0.4 is 15.6 Å². The number of nitrogens with two attached hydrogens (primary N) is 1. The molecule has 0 aliphatic carbocycles. The second-order valence-electron chi connectivity index (χ2n) is 5.57. The number of aromatic nitrogens is 1. The van der Waals surface area contributed by atoms with E-state index in [9.17, 15) is 4.79 Å². The number of fused-ring (bicyclic) bond motifs is 1. The topological polar surface area (TPSA) is 60.5 Å². The molecular weight excluding hydrogens is 306 g/mol. The van der Waals surface area contributed by atoms with Crippen molar-refractivity contribution in [2.24, 2.45) is 0 Å². The molecule has 0 aliphatic rings. The molecule has 0 saturated carbocycles. The number of carbonyl (C=O) groups excluding carboxylic acids is 1. The first-order valence-corrected chi connectivity index (χ1v) is 8.43. The standard InChI is InChI=1S/C18H19N3OS/c1-4-21(13-8-6-5-7-9-13)18(22)16-15(19)14-11(2)10-12(3)20-17(14)23-16/h5-10H,4,19H2,1-3H3/p+1. The highest BCUT2D eigenvalue weighted by molar-refractivity contribution is 7.21. The van der Waals surface area contributed by atoms with Crippen molar-refractivity contribution in [2.45, 2.75) is 20.8 Å². The Balaban J connectivity index is 2.10. The molecule has 23 heavy (non-hydrogen) atoms. The van der Waals surface area contributed by atoms with Crippen LogP contribution in [0.1, 0.15) is 27.9 Å². The van der Waals surface area contributed by atoms with Gasteiger partial charge in [0.1, 0.15) is 4.88 Å². The lowest BCUT2D eigenvalue weighted by atomic mass is 10.1. The van der Waals surface area contributed by atoms with Gasteiger partial charge in [-0.1, -0.05) is 29.5 Å². The van der Waals surface area contributed by atoms with Crippen LogP contribution in [0.25, 0.3) is 10.2 Å². The Kier molecular flexibility index (Phi) is 4.05. The van der Waals surface area contributed by atoms with Crippen molar-refractivity contribution in [2.75, 3.05) is 17.2 Å². The van der Waals surface area contributed by atoms with Gasteiger partial charge in [0.25, 0.3) is 10.7 Å². The summed E-state index contributed by atoms with van der Waals surface area (Å²) in [4.78, 5) is 19.6. The van der Waals surface area contributed by atoms with Gasteiger partial charge in [0.15, 0.2) is 5.69 Å². The Morgan fingerprint density at radius 3 is 2.61 bits per heavy atom. The second-order valence-corrected chi connectivity index (χ2v) is 6.59. The van der Waals surface area contributed by atoms with E-state index in [0.717, 1.165) is 27.2 Å². The molecule has 0 aliphatic heterocycles. The van der Waals surface area contributed by atoms with E-state index in [1.54, 1.807) is 4.90 Å². The average molecular weight is 326 g/mol. The number of nitrogens with zero attached hydrogens (tertiary/aromatic N) is 1. The lowest BCUT2D eigenvalue weighted by molar-refractivity contribution is -0.351. The summed E-state index contributed by atoms with van der Waals surface area (Å²) in [5.41, 5.74) is 9.91. The minimum atomic E-state index is -0.0529. The fourth-order valence-corrected chi connectivity index (χ4v) is 4.07. The number of para-hydroxylation sites is 1. The monoisotopic (exact) mass is 326 g/mol. The summed E-state index contributed by atoms with van der Waals surface area (Å²) >= 11 is 1.43. The fourth-order valence-electron chi connectivity index (χ4n) is 2.87. The largest absolute Gasteiger partial charge is 0.397 e. The Bertz CT molecular complexity index is 871. The number of aromatic amines is 1. The van der Waals surface area contributed by atoms with Gasteiger partial charge in [-0.3, -0.25) is 4.79 Å². The van der Waals surface area contributed by atoms with E-state index in [1.165, 1.54) is 11.3 Å². The van der Waals surface area contributed by atoms with Crippen molar-refractivity contribution in [1.29, 1.82) is 0 Å². The van der Waals surface area contributed by atoms with E-state index in [0.29, 0.717) is 17.1 Å². The second kappa shape index (κ2) is 6.01. The van der Waals surface area contributed by atoms with Crippen LogP contribution in [0.5, 0.6) is 0 Å². The predicted octanol–water partition coefficient (Wildman–Crippen LogP) is 3.58. The van der Waals surface area contributed by atoms with Crippen LogP contribution in [0.15, 0.2) is 36.4 Å². The molecule has 3 rings (SSSR count). The molecule has 0 atom stereocenters. The number of benzene rings is 1. The SMILES string of the molecule is CCN(C(=O)c1sc2[nH+]c(C)cc(C)c2c1N)c1ccccc1. The van der Waals surface area contributed by atoms with Crippen molar-refractivity contribution >= 4 is 38.8 Å². The minimum absolute atomic E-state index is 0.0529. The molecule has 0 saturated heterocycles. The Morgan fingerprint density at radius 2 is 1.96 bits per heavy atom. The third-order valence-electron chi connectivity index (χ3n) is 3.91. The van der Waals surface area contributed by atoms with Crippen molar-refractivity contribution < 1.29 is 9.78 Å². The molecule has 118 valence electrons. The van der Waals surface area contributed by atoms with Gasteiger partial charge in [0.2, 0.25) is 0 Å². The number of carbonyl (C=O) groups is 1. The first-order valence-electron chi connectivity index (χ1n) is 7.61. The van der Waals surface area contributed by atoms with Crippen LogP contribution in [-0.2, 0) is 0 Å². The van der Waals surface area contributed by atoms with Crippen molar-refractivity contribution in [3.05, 3.63) is 52.5 Å². The Hall–Kier alpha value is -2.40. The number of pyridine rings is 1. The summed E-state index contributed by atoms with van der Waals surface area (Å²) in [5, 5.41) is 0.952. The number of hydrogen-bond donors (Lipinski definition) is 1. The zero-order chi connectivity index (χ0) is 16.6. The van der Waals surface area contributed by atoms with E-state index in [2.05, 4.69) is 11.1 Å². The molecule has 2 heterocycles. The van der Waals surface area contributed by atoms with Crippen LogP contribution in [0, 0.1) is 13.8 Å². The van der Waals surface area contributed by atoms with Crippen molar-refractivity contribution in [3.63, 3.8) is 0 Å². The smallest absolute Gasteiger partial charge is 0.270 e. The third-order valence-corrected chi connectivity index (χ3v) is 5.02. The highest BCUT2D eigenvalue weighted by atomic mass is 32.1. The number of rotatable bonds is 3. The van der Waals surface area contributed by atoms with E-state index in [1.807, 2.05) is 51.1 Å². The minimum Gasteiger partial charge on any atom is -0.397 e. The van der Waals surface area contributed by atoms with Gasteiger partial charge in [-0.15, -0.1) is 0 Å². The molecule has 1 amide bonds. The van der Waals surface area contributed by atoms with Crippen LogP contribution in [-0.4, -0.2) is 12.5 Å². The number of nitrogens with one attached hydrogen (secondary N) is 1. The summed E-state index contributed by atoms with van der Waals surface area (Å²) in [6.07, 6.45) is 0. The lowest BCUT2D eigenvalue weighted by Crippen LogP contribution is -2.30. The Morgan fingerprint density at radius 1 is 1.26 bits per heavy atom. The summed E-state index contributed by atoms with van der Waals surface area (Å²) < 4.78 is 0. The van der Waals surface area contributed by atoms with Gasteiger partial charge in [0.05, 0.1) is 11.1 Å². The lowest BCUT2D eigenvalue weighted by Gasteiger charge is -2.20. The number of H-pyrrole nitrogens is 1. The number of thiophene rings is 1. The summed E-state index contributed by atoms with van der Waals surface area (Å²) in [7, 11) is 0. The van der Waals surface area contributed by atoms with Gasteiger partial charge >= 0.3 is 0 Å². The summed E-state index contributed by atoms with van der Waals surface area (Å²) in [6, 6.07) is 11.7. The number of aryl methyl sites for hydroxylation is 2. The number of nitrogen functional groups attached to an aromatic ring is 1. The zero-order valence-electron chi connectivity index (χ0n) is 13.5. The number of anilines is 2. The maximum Gasteiger partial charge on any atom is 0.270 e.